The molecular formula is C16H19NO3S. The summed E-state index contributed by atoms with van der Waals surface area (Å²) in [6, 6.07) is 10.3. The van der Waals surface area contributed by atoms with Crippen molar-refractivity contribution in [3.05, 3.63) is 59.4 Å². The molecule has 1 atom stereocenters. The summed E-state index contributed by atoms with van der Waals surface area (Å²) in [6.45, 7) is 5.62. The molecule has 1 heterocycles. The van der Waals surface area contributed by atoms with Crippen LogP contribution in [0, 0.1) is 6.92 Å². The molecule has 0 saturated carbocycles. The number of pyridine rings is 1. The van der Waals surface area contributed by atoms with Crippen molar-refractivity contribution in [2.75, 3.05) is 0 Å². The molecule has 0 aliphatic heterocycles. The summed E-state index contributed by atoms with van der Waals surface area (Å²) in [4.78, 5) is 4.41. The molecule has 4 nitrogen and oxygen atoms in total. The van der Waals surface area contributed by atoms with E-state index in [1.165, 1.54) is 0 Å². The first-order valence-corrected chi connectivity index (χ1v) is 8.28. The van der Waals surface area contributed by atoms with Gasteiger partial charge in [0.15, 0.2) is 0 Å². The van der Waals surface area contributed by atoms with Crippen molar-refractivity contribution < 1.29 is 12.6 Å². The largest absolute Gasteiger partial charge is 0.297 e. The van der Waals surface area contributed by atoms with E-state index in [1.54, 1.807) is 43.5 Å². The van der Waals surface area contributed by atoms with E-state index in [2.05, 4.69) is 4.98 Å². The summed E-state index contributed by atoms with van der Waals surface area (Å²) in [6.07, 6.45) is 2.01. The molecule has 21 heavy (non-hydrogen) atoms. The monoisotopic (exact) mass is 305 g/mol. The highest BCUT2D eigenvalue weighted by molar-refractivity contribution is 7.86. The molecule has 0 saturated heterocycles. The second-order valence-corrected chi connectivity index (χ2v) is 6.52. The van der Waals surface area contributed by atoms with Crippen LogP contribution in [0.5, 0.6) is 0 Å². The van der Waals surface area contributed by atoms with Gasteiger partial charge in [-0.3, -0.25) is 9.17 Å². The van der Waals surface area contributed by atoms with Crippen molar-refractivity contribution in [3.63, 3.8) is 0 Å². The Morgan fingerprint density at radius 2 is 1.81 bits per heavy atom. The lowest BCUT2D eigenvalue weighted by Crippen LogP contribution is -2.11. The van der Waals surface area contributed by atoms with Crippen molar-refractivity contribution >= 4 is 10.1 Å². The number of hydrogen-bond donors (Lipinski definition) is 0. The first-order valence-electron chi connectivity index (χ1n) is 6.87. The third-order valence-electron chi connectivity index (χ3n) is 3.25. The Kier molecular flexibility index (Phi) is 4.75. The SMILES string of the molecule is CCc1ccc(C(C)OS(=O)(=O)c2ccc(C)cc2)nc1. The average molecular weight is 305 g/mol. The van der Waals surface area contributed by atoms with Crippen LogP contribution in [-0.4, -0.2) is 13.4 Å². The van der Waals surface area contributed by atoms with Crippen LogP contribution in [0.25, 0.3) is 0 Å². The lowest BCUT2D eigenvalue weighted by Gasteiger charge is -2.13. The van der Waals surface area contributed by atoms with Gasteiger partial charge in [0.25, 0.3) is 10.1 Å². The Labute approximate surface area is 125 Å². The molecular weight excluding hydrogens is 286 g/mol. The third-order valence-corrected chi connectivity index (χ3v) is 4.64. The summed E-state index contributed by atoms with van der Waals surface area (Å²) in [5.74, 6) is 0. The molecule has 1 unspecified atom stereocenters. The second-order valence-electron chi connectivity index (χ2n) is 4.95. The van der Waals surface area contributed by atoms with E-state index in [4.69, 9.17) is 4.18 Å². The van der Waals surface area contributed by atoms with Gasteiger partial charge >= 0.3 is 0 Å². The number of aromatic nitrogens is 1. The summed E-state index contributed by atoms with van der Waals surface area (Å²) >= 11 is 0. The number of aryl methyl sites for hydroxylation is 2. The summed E-state index contributed by atoms with van der Waals surface area (Å²) in [5, 5.41) is 0. The molecule has 0 aliphatic rings. The van der Waals surface area contributed by atoms with Crippen molar-refractivity contribution in [2.45, 2.75) is 38.2 Å². The number of hydrogen-bond acceptors (Lipinski definition) is 4. The minimum Gasteiger partial charge on any atom is -0.258 e. The summed E-state index contributed by atoms with van der Waals surface area (Å²) in [7, 11) is -3.78. The smallest absolute Gasteiger partial charge is 0.258 e. The highest BCUT2D eigenvalue weighted by Gasteiger charge is 2.20. The Balaban J connectivity index is 2.17. The van der Waals surface area contributed by atoms with Gasteiger partial charge in [0.1, 0.15) is 6.10 Å². The predicted octanol–water partition coefficient (Wildman–Crippen LogP) is 3.42. The van der Waals surface area contributed by atoms with Gasteiger partial charge in [-0.2, -0.15) is 8.42 Å². The van der Waals surface area contributed by atoms with E-state index in [0.717, 1.165) is 17.5 Å². The van der Waals surface area contributed by atoms with Crippen LogP contribution < -0.4 is 0 Å². The molecule has 0 radical (unpaired) electrons. The Morgan fingerprint density at radius 3 is 2.33 bits per heavy atom. The number of rotatable bonds is 5. The van der Waals surface area contributed by atoms with E-state index in [1.807, 2.05) is 19.9 Å². The first kappa shape index (κ1) is 15.7. The molecule has 2 aromatic rings. The molecule has 2 rings (SSSR count). The van der Waals surface area contributed by atoms with Crippen LogP contribution in [-0.2, 0) is 20.7 Å². The van der Waals surface area contributed by atoms with E-state index in [-0.39, 0.29) is 4.90 Å². The van der Waals surface area contributed by atoms with Gasteiger partial charge in [0, 0.05) is 6.20 Å². The lowest BCUT2D eigenvalue weighted by molar-refractivity contribution is 0.229. The van der Waals surface area contributed by atoms with E-state index < -0.39 is 16.2 Å². The molecule has 0 fully saturated rings. The van der Waals surface area contributed by atoms with Crippen LogP contribution in [0.15, 0.2) is 47.5 Å². The molecule has 0 aliphatic carbocycles. The minimum atomic E-state index is -3.78. The van der Waals surface area contributed by atoms with Crippen molar-refractivity contribution in [3.8, 4) is 0 Å². The van der Waals surface area contributed by atoms with Gasteiger partial charge < -0.3 is 0 Å². The van der Waals surface area contributed by atoms with Crippen LogP contribution in [0.4, 0.5) is 0 Å². The highest BCUT2D eigenvalue weighted by Crippen LogP contribution is 2.22. The van der Waals surface area contributed by atoms with Gasteiger partial charge in [-0.1, -0.05) is 30.7 Å². The fraction of sp³-hybridized carbons (Fsp3) is 0.312. The summed E-state index contributed by atoms with van der Waals surface area (Å²) < 4.78 is 29.6. The first-order chi connectivity index (χ1) is 9.92. The maximum absolute atomic E-state index is 12.2. The van der Waals surface area contributed by atoms with Gasteiger partial charge in [-0.25, -0.2) is 0 Å². The average Bonchev–Trinajstić information content (AvgIpc) is 2.47. The maximum atomic E-state index is 12.2. The van der Waals surface area contributed by atoms with Crippen LogP contribution in [0.2, 0.25) is 0 Å². The van der Waals surface area contributed by atoms with Crippen LogP contribution in [0.3, 0.4) is 0 Å². The lowest BCUT2D eigenvalue weighted by atomic mass is 10.2. The Hall–Kier alpha value is -1.72. The Morgan fingerprint density at radius 1 is 1.14 bits per heavy atom. The topological polar surface area (TPSA) is 56.3 Å². The van der Waals surface area contributed by atoms with Crippen molar-refractivity contribution in [1.29, 1.82) is 0 Å². The maximum Gasteiger partial charge on any atom is 0.297 e. The predicted molar refractivity (Wildman–Crippen MR) is 81.5 cm³/mol. The zero-order valence-electron chi connectivity index (χ0n) is 12.4. The summed E-state index contributed by atoms with van der Waals surface area (Å²) in [5.41, 5.74) is 2.70. The molecule has 0 amide bonds. The van der Waals surface area contributed by atoms with E-state index in [0.29, 0.717) is 5.69 Å². The molecule has 0 N–H and O–H groups in total. The van der Waals surface area contributed by atoms with Crippen LogP contribution in [0.1, 0.15) is 36.8 Å². The van der Waals surface area contributed by atoms with Crippen LogP contribution >= 0.6 is 0 Å². The molecule has 1 aromatic heterocycles. The van der Waals surface area contributed by atoms with Gasteiger partial charge in [-0.05, 0) is 44.0 Å². The van der Waals surface area contributed by atoms with Crippen molar-refractivity contribution in [1.82, 2.24) is 4.98 Å². The van der Waals surface area contributed by atoms with Gasteiger partial charge in [0.2, 0.25) is 0 Å². The van der Waals surface area contributed by atoms with E-state index in [9.17, 15) is 8.42 Å². The highest BCUT2D eigenvalue weighted by atomic mass is 32.2. The molecule has 5 heteroatoms. The number of benzene rings is 1. The fourth-order valence-corrected chi connectivity index (χ4v) is 2.94. The third kappa shape index (κ3) is 3.89. The normalized spacial score (nSPS) is 13.1. The second kappa shape index (κ2) is 6.37. The standard InChI is InChI=1S/C16H19NO3S/c1-4-14-7-10-16(17-11-14)13(3)20-21(18,19)15-8-5-12(2)6-9-15/h5-11,13H,4H2,1-3H3. The molecule has 112 valence electrons. The number of nitrogens with zero attached hydrogens (tertiary/aromatic N) is 1. The molecule has 0 spiro atoms. The zero-order chi connectivity index (χ0) is 15.5. The van der Waals surface area contributed by atoms with Gasteiger partial charge in [-0.15, -0.1) is 0 Å². The zero-order valence-corrected chi connectivity index (χ0v) is 13.2. The van der Waals surface area contributed by atoms with Crippen molar-refractivity contribution in [2.24, 2.45) is 0 Å². The van der Waals surface area contributed by atoms with E-state index >= 15 is 0 Å². The van der Waals surface area contributed by atoms with Gasteiger partial charge in [0.05, 0.1) is 10.6 Å². The quantitative estimate of drug-likeness (QED) is 0.794. The molecule has 1 aromatic carbocycles. The Bertz CT molecular complexity index is 691. The fourth-order valence-electron chi connectivity index (χ4n) is 1.89. The molecule has 0 bridgehead atoms. The minimum absolute atomic E-state index is 0.158.